The molecular formula is C16H26N2. The van der Waals surface area contributed by atoms with Crippen molar-refractivity contribution in [3.05, 3.63) is 35.4 Å². The number of nitrogens with zero attached hydrogens (tertiary/aromatic N) is 1. The van der Waals surface area contributed by atoms with Crippen molar-refractivity contribution in [1.29, 1.82) is 0 Å². The van der Waals surface area contributed by atoms with Gasteiger partial charge < -0.3 is 5.32 Å². The van der Waals surface area contributed by atoms with Crippen LogP contribution in [0.15, 0.2) is 24.3 Å². The summed E-state index contributed by atoms with van der Waals surface area (Å²) in [6, 6.07) is 8.80. The maximum Gasteiger partial charge on any atom is 0.0236 e. The molecule has 0 spiro atoms. The largest absolute Gasteiger partial charge is 0.316 e. The van der Waals surface area contributed by atoms with Crippen LogP contribution in [0.5, 0.6) is 0 Å². The van der Waals surface area contributed by atoms with E-state index in [4.69, 9.17) is 0 Å². The monoisotopic (exact) mass is 246 g/mol. The first kappa shape index (κ1) is 13.6. The second kappa shape index (κ2) is 5.85. The summed E-state index contributed by atoms with van der Waals surface area (Å²) in [6.07, 6.45) is 2.64. The van der Waals surface area contributed by atoms with Crippen molar-refractivity contribution in [2.24, 2.45) is 5.41 Å². The number of likely N-dealkylation sites (tertiary alicyclic amines) is 1. The van der Waals surface area contributed by atoms with Crippen LogP contribution in [-0.2, 0) is 13.1 Å². The molecule has 2 nitrogen and oxygen atoms in total. The Morgan fingerprint density at radius 3 is 2.33 bits per heavy atom. The summed E-state index contributed by atoms with van der Waals surface area (Å²) in [7, 11) is 2.01. The molecule has 0 aliphatic carbocycles. The van der Waals surface area contributed by atoms with Gasteiger partial charge in [-0.15, -0.1) is 0 Å². The Balaban J connectivity index is 1.97. The van der Waals surface area contributed by atoms with E-state index in [-0.39, 0.29) is 0 Å². The van der Waals surface area contributed by atoms with Crippen molar-refractivity contribution in [2.75, 3.05) is 20.1 Å². The van der Waals surface area contributed by atoms with Crippen molar-refractivity contribution >= 4 is 0 Å². The van der Waals surface area contributed by atoms with Crippen molar-refractivity contribution < 1.29 is 0 Å². The minimum Gasteiger partial charge on any atom is -0.316 e. The van der Waals surface area contributed by atoms with Crippen LogP contribution in [0.3, 0.4) is 0 Å². The first-order valence-electron chi connectivity index (χ1n) is 7.04. The number of nitrogens with one attached hydrogen (secondary N) is 1. The number of rotatable bonds is 4. The van der Waals surface area contributed by atoms with Gasteiger partial charge in [-0.1, -0.05) is 38.1 Å². The molecule has 1 aromatic carbocycles. The number of piperidine rings is 1. The van der Waals surface area contributed by atoms with E-state index in [2.05, 4.69) is 48.3 Å². The molecule has 1 fully saturated rings. The number of hydrogen-bond acceptors (Lipinski definition) is 2. The minimum atomic E-state index is 0.543. The molecule has 18 heavy (non-hydrogen) atoms. The van der Waals surface area contributed by atoms with Crippen LogP contribution < -0.4 is 5.32 Å². The van der Waals surface area contributed by atoms with Crippen molar-refractivity contribution in [1.82, 2.24) is 10.2 Å². The minimum absolute atomic E-state index is 0.543. The van der Waals surface area contributed by atoms with Gasteiger partial charge in [-0.05, 0) is 49.5 Å². The average molecular weight is 246 g/mol. The fourth-order valence-corrected chi connectivity index (χ4v) is 2.63. The van der Waals surface area contributed by atoms with Crippen LogP contribution in [0.1, 0.15) is 37.8 Å². The van der Waals surface area contributed by atoms with E-state index < -0.39 is 0 Å². The first-order chi connectivity index (χ1) is 8.61. The molecule has 0 radical (unpaired) electrons. The quantitative estimate of drug-likeness (QED) is 0.878. The van der Waals surface area contributed by atoms with Gasteiger partial charge in [0.25, 0.3) is 0 Å². The van der Waals surface area contributed by atoms with Crippen LogP contribution >= 0.6 is 0 Å². The van der Waals surface area contributed by atoms with Crippen LogP contribution in [0.25, 0.3) is 0 Å². The van der Waals surface area contributed by atoms with E-state index in [0.29, 0.717) is 5.41 Å². The summed E-state index contributed by atoms with van der Waals surface area (Å²) in [5.74, 6) is 0. The summed E-state index contributed by atoms with van der Waals surface area (Å²) >= 11 is 0. The van der Waals surface area contributed by atoms with E-state index in [1.807, 2.05) is 7.05 Å². The number of hydrogen-bond donors (Lipinski definition) is 1. The summed E-state index contributed by atoms with van der Waals surface area (Å²) in [5, 5.41) is 3.26. The molecule has 1 aromatic rings. The van der Waals surface area contributed by atoms with Gasteiger partial charge in [0.2, 0.25) is 0 Å². The normalized spacial score (nSPS) is 19.9. The smallest absolute Gasteiger partial charge is 0.0236 e. The molecule has 0 unspecified atom stereocenters. The van der Waals surface area contributed by atoms with Gasteiger partial charge in [0.15, 0.2) is 0 Å². The second-order valence-electron chi connectivity index (χ2n) is 6.24. The van der Waals surface area contributed by atoms with Crippen LogP contribution in [0, 0.1) is 5.41 Å². The zero-order valence-corrected chi connectivity index (χ0v) is 12.0. The molecule has 1 aliphatic heterocycles. The Morgan fingerprint density at radius 2 is 1.72 bits per heavy atom. The predicted molar refractivity (Wildman–Crippen MR) is 77.5 cm³/mol. The van der Waals surface area contributed by atoms with Crippen molar-refractivity contribution in [3.8, 4) is 0 Å². The molecule has 2 heteroatoms. The third-order valence-electron chi connectivity index (χ3n) is 4.09. The first-order valence-corrected chi connectivity index (χ1v) is 7.04. The highest BCUT2D eigenvalue weighted by molar-refractivity contribution is 5.27. The van der Waals surface area contributed by atoms with Gasteiger partial charge in [-0.2, -0.15) is 0 Å². The maximum absolute atomic E-state index is 3.26. The summed E-state index contributed by atoms with van der Waals surface area (Å²) < 4.78 is 0. The predicted octanol–water partition coefficient (Wildman–Crippen LogP) is 3.03. The zero-order chi connectivity index (χ0) is 13.0. The molecule has 0 saturated carbocycles. The SMILES string of the molecule is CNCc1ccccc1CN1CCC(C)(C)CC1. The standard InChI is InChI=1S/C16H26N2/c1-16(2)8-10-18(11-9-16)13-15-7-5-4-6-14(15)12-17-3/h4-7,17H,8-13H2,1-3H3. The van der Waals surface area contributed by atoms with E-state index in [1.165, 1.54) is 37.1 Å². The maximum atomic E-state index is 3.26. The Morgan fingerprint density at radius 1 is 1.11 bits per heavy atom. The van der Waals surface area contributed by atoms with Gasteiger partial charge in [-0.3, -0.25) is 4.90 Å². The average Bonchev–Trinajstić information content (AvgIpc) is 2.35. The van der Waals surface area contributed by atoms with Crippen molar-refractivity contribution in [3.63, 3.8) is 0 Å². The lowest BCUT2D eigenvalue weighted by atomic mass is 9.82. The molecule has 0 bridgehead atoms. The van der Waals surface area contributed by atoms with Gasteiger partial charge in [-0.25, -0.2) is 0 Å². The molecule has 100 valence electrons. The van der Waals surface area contributed by atoms with Gasteiger partial charge in [0, 0.05) is 13.1 Å². The van der Waals surface area contributed by atoms with Gasteiger partial charge in [0.05, 0.1) is 0 Å². The van der Waals surface area contributed by atoms with Gasteiger partial charge >= 0.3 is 0 Å². The lowest BCUT2D eigenvalue weighted by Crippen LogP contribution is -2.37. The fourth-order valence-electron chi connectivity index (χ4n) is 2.63. The lowest BCUT2D eigenvalue weighted by molar-refractivity contribution is 0.127. The van der Waals surface area contributed by atoms with Crippen LogP contribution in [0.4, 0.5) is 0 Å². The molecule has 1 saturated heterocycles. The van der Waals surface area contributed by atoms with E-state index in [1.54, 1.807) is 0 Å². The summed E-state index contributed by atoms with van der Waals surface area (Å²) in [4.78, 5) is 2.60. The fraction of sp³-hybridized carbons (Fsp3) is 0.625. The molecule has 0 aromatic heterocycles. The summed E-state index contributed by atoms with van der Waals surface area (Å²) in [6.45, 7) is 9.32. The molecule has 1 heterocycles. The number of benzene rings is 1. The highest BCUT2D eigenvalue weighted by Gasteiger charge is 2.25. The van der Waals surface area contributed by atoms with E-state index in [9.17, 15) is 0 Å². The third-order valence-corrected chi connectivity index (χ3v) is 4.09. The third kappa shape index (κ3) is 3.56. The van der Waals surface area contributed by atoms with E-state index >= 15 is 0 Å². The molecular weight excluding hydrogens is 220 g/mol. The second-order valence-corrected chi connectivity index (χ2v) is 6.24. The topological polar surface area (TPSA) is 15.3 Å². The highest BCUT2D eigenvalue weighted by atomic mass is 15.1. The molecule has 0 atom stereocenters. The Labute approximate surface area is 111 Å². The van der Waals surface area contributed by atoms with E-state index in [0.717, 1.165) is 13.1 Å². The lowest BCUT2D eigenvalue weighted by Gasteiger charge is -2.37. The van der Waals surface area contributed by atoms with Crippen molar-refractivity contribution in [2.45, 2.75) is 39.8 Å². The summed E-state index contributed by atoms with van der Waals surface area (Å²) in [5.41, 5.74) is 3.46. The molecule has 1 N–H and O–H groups in total. The van der Waals surface area contributed by atoms with Crippen LogP contribution in [-0.4, -0.2) is 25.0 Å². The Hall–Kier alpha value is -0.860. The zero-order valence-electron chi connectivity index (χ0n) is 12.0. The Bertz CT molecular complexity index is 374. The molecule has 2 rings (SSSR count). The molecule has 1 aliphatic rings. The van der Waals surface area contributed by atoms with Crippen LogP contribution in [0.2, 0.25) is 0 Å². The van der Waals surface area contributed by atoms with Gasteiger partial charge in [0.1, 0.15) is 0 Å². The Kier molecular flexibility index (Phi) is 4.41. The molecule has 0 amide bonds. The highest BCUT2D eigenvalue weighted by Crippen LogP contribution is 2.30.